The van der Waals surface area contributed by atoms with Crippen molar-refractivity contribution >= 4 is 11.9 Å². The minimum absolute atomic E-state index is 0.145. The number of hydrogen-bond donors (Lipinski definition) is 1. The first kappa shape index (κ1) is 14.0. The van der Waals surface area contributed by atoms with Gasteiger partial charge in [-0.2, -0.15) is 0 Å². The lowest BCUT2D eigenvalue weighted by atomic mass is 9.97. The Morgan fingerprint density at radius 3 is 2.53 bits per heavy atom. The summed E-state index contributed by atoms with van der Waals surface area (Å²) in [6.07, 6.45) is 2.67. The third-order valence-corrected chi connectivity index (χ3v) is 3.10. The van der Waals surface area contributed by atoms with Gasteiger partial charge in [0.2, 0.25) is 0 Å². The first-order valence-corrected chi connectivity index (χ1v) is 6.24. The molecule has 0 atom stereocenters. The lowest BCUT2D eigenvalue weighted by Gasteiger charge is -2.29. The second-order valence-electron chi connectivity index (χ2n) is 4.36. The highest BCUT2D eigenvalue weighted by Gasteiger charge is 2.23. The van der Waals surface area contributed by atoms with Crippen LogP contribution in [0.15, 0.2) is 0 Å². The van der Waals surface area contributed by atoms with E-state index in [1.165, 1.54) is 0 Å². The second kappa shape index (κ2) is 7.27. The standard InChI is InChI=1S/C12H21NO4/c1-2-17-11(14)4-3-7-13-8-5-10(6-9-13)12(15)16/h10H,2-9H2,1H3,(H,15,16). The van der Waals surface area contributed by atoms with Crippen LogP contribution in [0.4, 0.5) is 0 Å². The summed E-state index contributed by atoms with van der Waals surface area (Å²) in [5.41, 5.74) is 0. The largest absolute Gasteiger partial charge is 0.481 e. The van der Waals surface area contributed by atoms with E-state index >= 15 is 0 Å². The van der Waals surface area contributed by atoms with E-state index in [1.54, 1.807) is 6.92 Å². The molecule has 0 aromatic heterocycles. The molecule has 5 heteroatoms. The average molecular weight is 243 g/mol. The first-order chi connectivity index (χ1) is 8.13. The monoisotopic (exact) mass is 243 g/mol. The lowest BCUT2D eigenvalue weighted by Crippen LogP contribution is -2.37. The molecule has 1 saturated heterocycles. The summed E-state index contributed by atoms with van der Waals surface area (Å²) in [6, 6.07) is 0. The molecule has 5 nitrogen and oxygen atoms in total. The van der Waals surface area contributed by atoms with Crippen LogP contribution in [0.1, 0.15) is 32.6 Å². The Morgan fingerprint density at radius 1 is 1.35 bits per heavy atom. The van der Waals surface area contributed by atoms with Crippen LogP contribution in [0.25, 0.3) is 0 Å². The van der Waals surface area contributed by atoms with Gasteiger partial charge in [-0.15, -0.1) is 0 Å². The van der Waals surface area contributed by atoms with E-state index < -0.39 is 5.97 Å². The third-order valence-electron chi connectivity index (χ3n) is 3.10. The number of carbonyl (C=O) groups is 2. The molecule has 0 aliphatic carbocycles. The summed E-state index contributed by atoms with van der Waals surface area (Å²) in [5.74, 6) is -1.01. The third kappa shape index (κ3) is 5.17. The van der Waals surface area contributed by atoms with Gasteiger partial charge >= 0.3 is 11.9 Å². The second-order valence-corrected chi connectivity index (χ2v) is 4.36. The van der Waals surface area contributed by atoms with Crippen molar-refractivity contribution < 1.29 is 19.4 Å². The minimum Gasteiger partial charge on any atom is -0.481 e. The zero-order chi connectivity index (χ0) is 12.7. The Kier molecular flexibility index (Phi) is 5.97. The number of carboxylic acids is 1. The van der Waals surface area contributed by atoms with E-state index in [0.717, 1.165) is 38.9 Å². The van der Waals surface area contributed by atoms with Gasteiger partial charge in [-0.05, 0) is 45.8 Å². The first-order valence-electron chi connectivity index (χ1n) is 6.24. The van der Waals surface area contributed by atoms with Crippen LogP contribution in [0, 0.1) is 5.92 Å². The van der Waals surface area contributed by atoms with E-state index in [2.05, 4.69) is 4.90 Å². The molecule has 1 fully saturated rings. The number of nitrogens with zero attached hydrogens (tertiary/aromatic N) is 1. The molecule has 0 radical (unpaired) electrons. The van der Waals surface area contributed by atoms with Crippen LogP contribution in [0.5, 0.6) is 0 Å². The van der Waals surface area contributed by atoms with Crippen LogP contribution < -0.4 is 0 Å². The number of carbonyl (C=O) groups excluding carboxylic acids is 1. The Balaban J connectivity index is 2.10. The molecule has 0 aromatic carbocycles. The fourth-order valence-corrected chi connectivity index (χ4v) is 2.08. The molecule has 0 saturated carbocycles. The van der Waals surface area contributed by atoms with E-state index in [1.807, 2.05) is 0 Å². The van der Waals surface area contributed by atoms with Gasteiger partial charge in [0.25, 0.3) is 0 Å². The summed E-state index contributed by atoms with van der Waals surface area (Å²) in [6.45, 7) is 4.72. The Hall–Kier alpha value is -1.10. The van der Waals surface area contributed by atoms with Crippen molar-refractivity contribution in [2.75, 3.05) is 26.2 Å². The van der Waals surface area contributed by atoms with Crippen LogP contribution in [-0.2, 0) is 14.3 Å². The van der Waals surface area contributed by atoms with Gasteiger partial charge in [-0.1, -0.05) is 0 Å². The highest BCUT2D eigenvalue weighted by molar-refractivity contribution is 5.70. The average Bonchev–Trinajstić information content (AvgIpc) is 2.30. The molecule has 0 spiro atoms. The van der Waals surface area contributed by atoms with Crippen LogP contribution in [-0.4, -0.2) is 48.2 Å². The summed E-state index contributed by atoms with van der Waals surface area (Å²) >= 11 is 0. The molecule has 17 heavy (non-hydrogen) atoms. The molecule has 0 bridgehead atoms. The molecule has 1 rings (SSSR count). The number of esters is 1. The van der Waals surface area contributed by atoms with Crippen molar-refractivity contribution in [3.63, 3.8) is 0 Å². The highest BCUT2D eigenvalue weighted by Crippen LogP contribution is 2.17. The van der Waals surface area contributed by atoms with E-state index in [0.29, 0.717) is 13.0 Å². The maximum Gasteiger partial charge on any atom is 0.306 e. The molecule has 98 valence electrons. The van der Waals surface area contributed by atoms with Gasteiger partial charge in [0, 0.05) is 6.42 Å². The smallest absolute Gasteiger partial charge is 0.306 e. The molecule has 1 aliphatic rings. The topological polar surface area (TPSA) is 66.8 Å². The van der Waals surface area contributed by atoms with Crippen molar-refractivity contribution in [2.24, 2.45) is 5.92 Å². The Labute approximate surface area is 102 Å². The Bertz CT molecular complexity index is 259. The quantitative estimate of drug-likeness (QED) is 0.708. The highest BCUT2D eigenvalue weighted by atomic mass is 16.5. The zero-order valence-corrected chi connectivity index (χ0v) is 10.4. The number of rotatable bonds is 6. The summed E-state index contributed by atoms with van der Waals surface area (Å²) < 4.78 is 4.84. The summed E-state index contributed by atoms with van der Waals surface area (Å²) in [7, 11) is 0. The van der Waals surface area contributed by atoms with Gasteiger partial charge in [0.15, 0.2) is 0 Å². The van der Waals surface area contributed by atoms with Gasteiger partial charge in [-0.3, -0.25) is 9.59 Å². The van der Waals surface area contributed by atoms with Crippen molar-refractivity contribution in [3.8, 4) is 0 Å². The minimum atomic E-state index is -0.684. The number of ether oxygens (including phenoxy) is 1. The van der Waals surface area contributed by atoms with Gasteiger partial charge in [0.05, 0.1) is 12.5 Å². The Morgan fingerprint density at radius 2 is 2.00 bits per heavy atom. The van der Waals surface area contributed by atoms with Crippen molar-refractivity contribution in [2.45, 2.75) is 32.6 Å². The molecule has 1 N–H and O–H groups in total. The fourth-order valence-electron chi connectivity index (χ4n) is 2.08. The molecular formula is C12H21NO4. The molecular weight excluding hydrogens is 222 g/mol. The number of piperidine rings is 1. The zero-order valence-electron chi connectivity index (χ0n) is 10.4. The maximum atomic E-state index is 11.1. The SMILES string of the molecule is CCOC(=O)CCCN1CCC(C(=O)O)CC1. The van der Waals surface area contributed by atoms with Gasteiger partial charge in [-0.25, -0.2) is 0 Å². The number of hydrogen-bond acceptors (Lipinski definition) is 4. The van der Waals surface area contributed by atoms with Crippen LogP contribution in [0.2, 0.25) is 0 Å². The predicted molar refractivity (Wildman–Crippen MR) is 62.7 cm³/mol. The molecule has 1 aliphatic heterocycles. The molecule has 0 aromatic rings. The lowest BCUT2D eigenvalue weighted by molar-refractivity contribution is -0.143. The number of aliphatic carboxylic acids is 1. The normalized spacial score (nSPS) is 17.9. The number of likely N-dealkylation sites (tertiary alicyclic amines) is 1. The van der Waals surface area contributed by atoms with E-state index in [4.69, 9.17) is 9.84 Å². The van der Waals surface area contributed by atoms with Crippen molar-refractivity contribution in [3.05, 3.63) is 0 Å². The summed E-state index contributed by atoms with van der Waals surface area (Å²) in [4.78, 5) is 24.1. The van der Waals surface area contributed by atoms with Gasteiger partial charge < -0.3 is 14.7 Å². The fraction of sp³-hybridized carbons (Fsp3) is 0.833. The van der Waals surface area contributed by atoms with Crippen LogP contribution >= 0.6 is 0 Å². The number of carboxylic acid groups (broad SMARTS) is 1. The van der Waals surface area contributed by atoms with Crippen molar-refractivity contribution in [1.29, 1.82) is 0 Å². The van der Waals surface area contributed by atoms with E-state index in [-0.39, 0.29) is 11.9 Å². The van der Waals surface area contributed by atoms with Crippen LogP contribution in [0.3, 0.4) is 0 Å². The molecule has 0 unspecified atom stereocenters. The van der Waals surface area contributed by atoms with Gasteiger partial charge in [0.1, 0.15) is 0 Å². The maximum absolute atomic E-state index is 11.1. The molecule has 1 heterocycles. The van der Waals surface area contributed by atoms with E-state index in [9.17, 15) is 9.59 Å². The summed E-state index contributed by atoms with van der Waals surface area (Å²) in [5, 5.41) is 8.85. The predicted octanol–water partition coefficient (Wildman–Crippen LogP) is 1.13. The molecule has 0 amide bonds. The van der Waals surface area contributed by atoms with Crippen molar-refractivity contribution in [1.82, 2.24) is 4.90 Å².